The number of carboxylic acid groups (broad SMARTS) is 1. The molecule has 0 radical (unpaired) electrons. The molecule has 3 amide bonds. The van der Waals surface area contributed by atoms with E-state index < -0.39 is 12.2 Å². The van der Waals surface area contributed by atoms with Gasteiger partial charge in [-0.25, -0.2) is 9.59 Å². The van der Waals surface area contributed by atoms with Gasteiger partial charge < -0.3 is 25.0 Å². The van der Waals surface area contributed by atoms with Crippen LogP contribution in [0.5, 0.6) is 0 Å². The molecule has 1 atom stereocenters. The molecule has 0 unspecified atom stereocenters. The summed E-state index contributed by atoms with van der Waals surface area (Å²) >= 11 is 0. The van der Waals surface area contributed by atoms with E-state index in [1.54, 1.807) is 4.90 Å². The number of cyclic esters (lactones) is 1. The lowest BCUT2D eigenvalue weighted by Crippen LogP contribution is -2.48. The zero-order chi connectivity index (χ0) is 18.7. The van der Waals surface area contributed by atoms with Crippen LogP contribution in [-0.2, 0) is 9.53 Å². The van der Waals surface area contributed by atoms with Crippen molar-refractivity contribution in [2.45, 2.75) is 13.0 Å². The third-order valence-corrected chi connectivity index (χ3v) is 4.53. The minimum atomic E-state index is -0.888. The molecule has 2 saturated heterocycles. The number of benzene rings is 1. The van der Waals surface area contributed by atoms with E-state index >= 15 is 0 Å². The lowest BCUT2D eigenvalue weighted by Gasteiger charge is -2.34. The molecule has 2 heterocycles. The molecular weight excluding hydrogens is 340 g/mol. The van der Waals surface area contributed by atoms with Crippen LogP contribution in [0, 0.1) is 0 Å². The quantitative estimate of drug-likeness (QED) is 0.827. The molecule has 0 saturated carbocycles. The van der Waals surface area contributed by atoms with Crippen LogP contribution in [0.15, 0.2) is 24.3 Å². The van der Waals surface area contributed by atoms with Gasteiger partial charge in [0.25, 0.3) is 0 Å². The molecule has 26 heavy (non-hydrogen) atoms. The van der Waals surface area contributed by atoms with Gasteiger partial charge in [0, 0.05) is 44.5 Å². The van der Waals surface area contributed by atoms with E-state index in [4.69, 9.17) is 9.84 Å². The summed E-state index contributed by atoms with van der Waals surface area (Å²) in [6.45, 7) is 4.32. The van der Waals surface area contributed by atoms with Crippen LogP contribution in [0.4, 0.5) is 21.0 Å². The van der Waals surface area contributed by atoms with Crippen molar-refractivity contribution in [3.05, 3.63) is 24.3 Å². The fourth-order valence-electron chi connectivity index (χ4n) is 3.10. The van der Waals surface area contributed by atoms with Gasteiger partial charge in [-0.15, -0.1) is 0 Å². The standard InChI is InChI=1S/C17H22N4O5/c1-12(22)18-10-15-11-21(17(25)26-15)14-4-2-13(3-5-14)19-6-8-20(9-7-19)16(23)24/h2-5,15H,6-11H2,1H3,(H,18,22)(H,23,24)/t15-/m0/s1. The minimum absolute atomic E-state index is 0.160. The summed E-state index contributed by atoms with van der Waals surface area (Å²) in [6, 6.07) is 7.53. The highest BCUT2D eigenvalue weighted by Crippen LogP contribution is 2.25. The zero-order valence-corrected chi connectivity index (χ0v) is 14.6. The van der Waals surface area contributed by atoms with Gasteiger partial charge in [-0.1, -0.05) is 0 Å². The van der Waals surface area contributed by atoms with Gasteiger partial charge in [-0.05, 0) is 24.3 Å². The number of rotatable bonds is 4. The molecule has 140 valence electrons. The van der Waals surface area contributed by atoms with Crippen LogP contribution in [0.25, 0.3) is 0 Å². The molecule has 0 aromatic heterocycles. The Hall–Kier alpha value is -2.97. The van der Waals surface area contributed by atoms with Crippen molar-refractivity contribution in [1.29, 1.82) is 0 Å². The Morgan fingerprint density at radius 1 is 1.15 bits per heavy atom. The van der Waals surface area contributed by atoms with Crippen molar-refractivity contribution < 1.29 is 24.2 Å². The first kappa shape index (κ1) is 17.8. The average Bonchev–Trinajstić information content (AvgIpc) is 3.01. The third-order valence-electron chi connectivity index (χ3n) is 4.53. The number of amides is 3. The monoisotopic (exact) mass is 362 g/mol. The van der Waals surface area contributed by atoms with Gasteiger partial charge in [0.15, 0.2) is 0 Å². The highest BCUT2D eigenvalue weighted by molar-refractivity contribution is 5.90. The SMILES string of the molecule is CC(=O)NC[C@H]1CN(c2ccc(N3CCN(C(=O)O)CC3)cc2)C(=O)O1. The predicted octanol–water partition coefficient (Wildman–Crippen LogP) is 0.948. The zero-order valence-electron chi connectivity index (χ0n) is 14.6. The number of hydrogen-bond donors (Lipinski definition) is 2. The van der Waals surface area contributed by atoms with Gasteiger partial charge >= 0.3 is 12.2 Å². The van der Waals surface area contributed by atoms with Gasteiger partial charge in [0.05, 0.1) is 13.1 Å². The number of nitrogens with zero attached hydrogens (tertiary/aromatic N) is 3. The second-order valence-electron chi connectivity index (χ2n) is 6.33. The molecule has 0 aliphatic carbocycles. The second-order valence-corrected chi connectivity index (χ2v) is 6.33. The number of hydrogen-bond acceptors (Lipinski definition) is 5. The Balaban J connectivity index is 1.59. The molecule has 1 aromatic carbocycles. The van der Waals surface area contributed by atoms with Crippen LogP contribution >= 0.6 is 0 Å². The lowest BCUT2D eigenvalue weighted by atomic mass is 10.2. The Morgan fingerprint density at radius 3 is 2.35 bits per heavy atom. The maximum atomic E-state index is 12.0. The summed E-state index contributed by atoms with van der Waals surface area (Å²) in [6.07, 6.45) is -1.68. The number of nitrogens with one attached hydrogen (secondary N) is 1. The fraction of sp³-hybridized carbons (Fsp3) is 0.471. The van der Waals surface area contributed by atoms with Crippen LogP contribution in [0.2, 0.25) is 0 Å². The highest BCUT2D eigenvalue weighted by Gasteiger charge is 2.32. The number of ether oxygens (including phenoxy) is 1. The average molecular weight is 362 g/mol. The molecule has 0 spiro atoms. The first-order valence-corrected chi connectivity index (χ1v) is 8.49. The van der Waals surface area contributed by atoms with E-state index in [1.807, 2.05) is 24.3 Å². The molecule has 9 nitrogen and oxygen atoms in total. The molecule has 9 heteroatoms. The number of carbonyl (C=O) groups is 3. The molecule has 2 N–H and O–H groups in total. The molecule has 2 aliphatic heterocycles. The van der Waals surface area contributed by atoms with Crippen molar-refractivity contribution in [3.8, 4) is 0 Å². The molecule has 3 rings (SSSR count). The smallest absolute Gasteiger partial charge is 0.414 e. The molecular formula is C17H22N4O5. The van der Waals surface area contributed by atoms with E-state index in [0.717, 1.165) is 11.4 Å². The lowest BCUT2D eigenvalue weighted by molar-refractivity contribution is -0.119. The van der Waals surface area contributed by atoms with Crippen LogP contribution in [0.3, 0.4) is 0 Å². The number of piperazine rings is 1. The topological polar surface area (TPSA) is 102 Å². The van der Waals surface area contributed by atoms with E-state index in [1.165, 1.54) is 11.8 Å². The molecule has 2 fully saturated rings. The van der Waals surface area contributed by atoms with Crippen LogP contribution < -0.4 is 15.1 Å². The Kier molecular flexibility index (Phi) is 5.15. The summed E-state index contributed by atoms with van der Waals surface area (Å²) in [5.41, 5.74) is 1.72. The van der Waals surface area contributed by atoms with Crippen molar-refractivity contribution >= 4 is 29.5 Å². The molecule has 0 bridgehead atoms. The van der Waals surface area contributed by atoms with Crippen molar-refractivity contribution in [1.82, 2.24) is 10.2 Å². The first-order chi connectivity index (χ1) is 12.4. The largest absolute Gasteiger partial charge is 0.465 e. The summed E-state index contributed by atoms with van der Waals surface area (Å²) in [5.74, 6) is -0.160. The Labute approximate surface area is 151 Å². The van der Waals surface area contributed by atoms with E-state index in [0.29, 0.717) is 39.3 Å². The summed E-state index contributed by atoms with van der Waals surface area (Å²) in [5, 5.41) is 11.7. The summed E-state index contributed by atoms with van der Waals surface area (Å²) in [4.78, 5) is 39.0. The first-order valence-electron chi connectivity index (χ1n) is 8.49. The third kappa shape index (κ3) is 3.98. The van der Waals surface area contributed by atoms with Crippen LogP contribution in [-0.4, -0.2) is 73.5 Å². The van der Waals surface area contributed by atoms with E-state index in [9.17, 15) is 14.4 Å². The van der Waals surface area contributed by atoms with Gasteiger partial charge in [-0.3, -0.25) is 9.69 Å². The maximum Gasteiger partial charge on any atom is 0.414 e. The predicted molar refractivity (Wildman–Crippen MR) is 94.6 cm³/mol. The summed E-state index contributed by atoms with van der Waals surface area (Å²) in [7, 11) is 0. The Morgan fingerprint density at radius 2 is 1.77 bits per heavy atom. The van der Waals surface area contributed by atoms with Crippen molar-refractivity contribution in [3.63, 3.8) is 0 Å². The Bertz CT molecular complexity index is 685. The minimum Gasteiger partial charge on any atom is -0.465 e. The number of anilines is 2. The normalized spacial score (nSPS) is 20.1. The fourth-order valence-corrected chi connectivity index (χ4v) is 3.10. The number of carbonyl (C=O) groups excluding carboxylic acids is 2. The second kappa shape index (κ2) is 7.51. The maximum absolute atomic E-state index is 12.0. The van der Waals surface area contributed by atoms with Crippen LogP contribution in [0.1, 0.15) is 6.92 Å². The molecule has 1 aromatic rings. The molecule has 2 aliphatic rings. The van der Waals surface area contributed by atoms with Crippen molar-refractivity contribution in [2.75, 3.05) is 49.1 Å². The van der Waals surface area contributed by atoms with Gasteiger partial charge in [0.2, 0.25) is 5.91 Å². The summed E-state index contributed by atoms with van der Waals surface area (Å²) < 4.78 is 5.26. The van der Waals surface area contributed by atoms with Crippen molar-refractivity contribution in [2.24, 2.45) is 0 Å². The van der Waals surface area contributed by atoms with Gasteiger partial charge in [0.1, 0.15) is 6.10 Å². The highest BCUT2D eigenvalue weighted by atomic mass is 16.6. The van der Waals surface area contributed by atoms with Gasteiger partial charge in [-0.2, -0.15) is 0 Å². The van der Waals surface area contributed by atoms with E-state index in [2.05, 4.69) is 10.2 Å². The van der Waals surface area contributed by atoms with E-state index in [-0.39, 0.29) is 12.0 Å².